The number of alkyl halides is 3. The Morgan fingerprint density at radius 2 is 1.63 bits per heavy atom. The molecule has 2 aromatic rings. The molecule has 0 aliphatic carbocycles. The van der Waals surface area contributed by atoms with Crippen molar-refractivity contribution in [3.8, 4) is 0 Å². The molecule has 2 aromatic carbocycles. The summed E-state index contributed by atoms with van der Waals surface area (Å²) >= 11 is 0. The molecule has 1 heterocycles. The quantitative estimate of drug-likeness (QED) is 0.768. The minimum absolute atomic E-state index is 0.154. The van der Waals surface area contributed by atoms with Gasteiger partial charge in [0, 0.05) is 24.7 Å². The summed E-state index contributed by atoms with van der Waals surface area (Å²) in [6.45, 7) is -1.24. The Hall–Kier alpha value is -3.03. The van der Waals surface area contributed by atoms with Crippen LogP contribution >= 0.6 is 0 Å². The molecule has 1 saturated heterocycles. The number of anilines is 1. The van der Waals surface area contributed by atoms with Crippen molar-refractivity contribution in [2.24, 2.45) is 5.92 Å². The van der Waals surface area contributed by atoms with Crippen LogP contribution in [0, 0.1) is 5.92 Å². The van der Waals surface area contributed by atoms with Crippen molar-refractivity contribution in [1.82, 2.24) is 4.90 Å². The summed E-state index contributed by atoms with van der Waals surface area (Å²) in [5.41, 5.74) is 2.86. The van der Waals surface area contributed by atoms with Crippen LogP contribution in [0.1, 0.15) is 24.0 Å². The van der Waals surface area contributed by atoms with Crippen LogP contribution in [0.15, 0.2) is 54.6 Å². The van der Waals surface area contributed by atoms with E-state index in [-0.39, 0.29) is 24.9 Å². The van der Waals surface area contributed by atoms with Gasteiger partial charge in [0.25, 0.3) is 0 Å². The van der Waals surface area contributed by atoms with E-state index in [9.17, 15) is 22.8 Å². The molecule has 1 fully saturated rings. The van der Waals surface area contributed by atoms with Crippen molar-refractivity contribution in [1.29, 1.82) is 0 Å². The van der Waals surface area contributed by atoms with Gasteiger partial charge in [-0.2, -0.15) is 13.2 Å². The number of nitrogens with one attached hydrogen (secondary N) is 1. The molecule has 5 nitrogen and oxygen atoms in total. The van der Waals surface area contributed by atoms with Crippen LogP contribution < -0.4 is 5.32 Å². The predicted molar refractivity (Wildman–Crippen MR) is 106 cm³/mol. The fraction of sp³-hybridized carbons (Fsp3) is 0.364. The summed E-state index contributed by atoms with van der Waals surface area (Å²) in [5, 5.41) is 2.97. The molecule has 160 valence electrons. The molecule has 0 radical (unpaired) electrons. The smallest absolute Gasteiger partial charge is 0.422 e. The van der Waals surface area contributed by atoms with Gasteiger partial charge in [-0.25, -0.2) is 4.79 Å². The Morgan fingerprint density at radius 1 is 1.00 bits per heavy atom. The van der Waals surface area contributed by atoms with Crippen molar-refractivity contribution < 1.29 is 27.5 Å². The van der Waals surface area contributed by atoms with E-state index in [0.29, 0.717) is 19.3 Å². The minimum Gasteiger partial charge on any atom is -0.440 e. The van der Waals surface area contributed by atoms with E-state index in [1.165, 1.54) is 4.90 Å². The molecule has 0 spiro atoms. The Bertz CT molecular complexity index is 863. The maximum atomic E-state index is 12.7. The highest BCUT2D eigenvalue weighted by molar-refractivity contribution is 5.93. The average Bonchev–Trinajstić information content (AvgIpc) is 2.74. The van der Waals surface area contributed by atoms with Gasteiger partial charge in [-0.15, -0.1) is 0 Å². The zero-order chi connectivity index (χ0) is 21.6. The topological polar surface area (TPSA) is 58.6 Å². The SMILES string of the molecule is O=C(Nc1ccccc1Cc1ccccc1)C1CCN(C(=O)OCC(F)(F)F)CC1. The summed E-state index contributed by atoms with van der Waals surface area (Å²) in [5.74, 6) is -0.472. The van der Waals surface area contributed by atoms with E-state index in [2.05, 4.69) is 10.1 Å². The number of ether oxygens (including phenoxy) is 1. The Morgan fingerprint density at radius 3 is 2.30 bits per heavy atom. The summed E-state index contributed by atoms with van der Waals surface area (Å²) in [7, 11) is 0. The molecule has 0 atom stereocenters. The Labute approximate surface area is 172 Å². The molecule has 1 aliphatic heterocycles. The lowest BCUT2D eigenvalue weighted by Crippen LogP contribution is -2.42. The minimum atomic E-state index is -4.55. The fourth-order valence-electron chi connectivity index (χ4n) is 3.41. The van der Waals surface area contributed by atoms with Gasteiger partial charge in [-0.3, -0.25) is 4.79 Å². The lowest BCUT2D eigenvalue weighted by atomic mass is 9.95. The van der Waals surface area contributed by atoms with Crippen molar-refractivity contribution >= 4 is 17.7 Å². The van der Waals surface area contributed by atoms with Gasteiger partial charge < -0.3 is 15.0 Å². The third-order valence-corrected chi connectivity index (χ3v) is 5.00. The van der Waals surface area contributed by atoms with E-state index < -0.39 is 18.9 Å². The van der Waals surface area contributed by atoms with Crippen LogP contribution in [0.5, 0.6) is 0 Å². The van der Waals surface area contributed by atoms with Crippen molar-refractivity contribution in [2.45, 2.75) is 25.4 Å². The van der Waals surface area contributed by atoms with Gasteiger partial charge in [0.2, 0.25) is 5.91 Å². The van der Waals surface area contributed by atoms with Crippen molar-refractivity contribution in [3.05, 3.63) is 65.7 Å². The number of hydrogen-bond donors (Lipinski definition) is 1. The van der Waals surface area contributed by atoms with Crippen LogP contribution in [-0.2, 0) is 16.0 Å². The molecule has 30 heavy (non-hydrogen) atoms. The van der Waals surface area contributed by atoms with Gasteiger partial charge >= 0.3 is 12.3 Å². The molecule has 0 unspecified atom stereocenters. The molecule has 0 bridgehead atoms. The fourth-order valence-corrected chi connectivity index (χ4v) is 3.41. The second kappa shape index (κ2) is 9.65. The van der Waals surface area contributed by atoms with Crippen molar-refractivity contribution in [2.75, 3.05) is 25.0 Å². The zero-order valence-corrected chi connectivity index (χ0v) is 16.3. The predicted octanol–water partition coefficient (Wildman–Crippen LogP) is 4.63. The first-order valence-corrected chi connectivity index (χ1v) is 9.73. The summed E-state index contributed by atoms with van der Waals surface area (Å²) in [4.78, 5) is 25.7. The first-order valence-electron chi connectivity index (χ1n) is 9.73. The number of piperidine rings is 1. The lowest BCUT2D eigenvalue weighted by Gasteiger charge is -2.30. The maximum Gasteiger partial charge on any atom is 0.422 e. The standard InChI is InChI=1S/C22H23F3N2O3/c23-22(24,25)15-30-21(29)27-12-10-17(11-13-27)20(28)26-19-9-5-4-8-18(19)14-16-6-2-1-3-7-16/h1-9,17H,10-15H2,(H,26,28). The van der Waals surface area contributed by atoms with Crippen LogP contribution in [0.3, 0.4) is 0 Å². The number of rotatable bonds is 5. The molecule has 0 saturated carbocycles. The summed E-state index contributed by atoms with van der Waals surface area (Å²) in [6.07, 6.45) is -4.14. The molecule has 3 rings (SSSR count). The number of carbonyl (C=O) groups is 2. The highest BCUT2D eigenvalue weighted by Crippen LogP contribution is 2.24. The van der Waals surface area contributed by atoms with Gasteiger partial charge in [0.05, 0.1) is 0 Å². The normalized spacial score (nSPS) is 15.0. The van der Waals surface area contributed by atoms with E-state index >= 15 is 0 Å². The molecule has 1 aliphatic rings. The number of para-hydroxylation sites is 1. The molecule has 8 heteroatoms. The van der Waals surface area contributed by atoms with Crippen LogP contribution in [0.25, 0.3) is 0 Å². The number of carbonyl (C=O) groups excluding carboxylic acids is 2. The molecular weight excluding hydrogens is 397 g/mol. The lowest BCUT2D eigenvalue weighted by molar-refractivity contribution is -0.162. The molecule has 0 aromatic heterocycles. The van der Waals surface area contributed by atoms with Crippen LogP contribution in [0.4, 0.5) is 23.7 Å². The van der Waals surface area contributed by atoms with Crippen LogP contribution in [0.2, 0.25) is 0 Å². The number of nitrogens with zero attached hydrogens (tertiary/aromatic N) is 1. The van der Waals surface area contributed by atoms with Gasteiger partial charge in [-0.1, -0.05) is 48.5 Å². The number of amides is 2. The first kappa shape index (κ1) is 21.7. The Kier molecular flexibility index (Phi) is 6.97. The highest BCUT2D eigenvalue weighted by atomic mass is 19.4. The second-order valence-corrected chi connectivity index (χ2v) is 7.24. The molecular formula is C22H23F3N2O3. The van der Waals surface area contributed by atoms with E-state index in [4.69, 9.17) is 0 Å². The third kappa shape index (κ3) is 6.23. The van der Waals surface area contributed by atoms with E-state index in [1.807, 2.05) is 54.6 Å². The summed E-state index contributed by atoms with van der Waals surface area (Å²) < 4.78 is 40.8. The number of benzene rings is 2. The molecule has 2 amide bonds. The van der Waals surface area contributed by atoms with Crippen molar-refractivity contribution in [3.63, 3.8) is 0 Å². The number of hydrogen-bond acceptors (Lipinski definition) is 3. The van der Waals surface area contributed by atoms with Gasteiger partial charge in [-0.05, 0) is 36.5 Å². The second-order valence-electron chi connectivity index (χ2n) is 7.24. The maximum absolute atomic E-state index is 12.7. The third-order valence-electron chi connectivity index (χ3n) is 5.00. The largest absolute Gasteiger partial charge is 0.440 e. The average molecular weight is 420 g/mol. The van der Waals surface area contributed by atoms with Gasteiger partial charge in [0.15, 0.2) is 6.61 Å². The first-order chi connectivity index (χ1) is 14.3. The van der Waals surface area contributed by atoms with Gasteiger partial charge in [0.1, 0.15) is 0 Å². The van der Waals surface area contributed by atoms with E-state index in [0.717, 1.165) is 16.8 Å². The highest BCUT2D eigenvalue weighted by Gasteiger charge is 2.33. The number of halogens is 3. The monoisotopic (exact) mass is 420 g/mol. The Balaban J connectivity index is 1.54. The van der Waals surface area contributed by atoms with Crippen LogP contribution in [-0.4, -0.2) is 42.8 Å². The summed E-state index contributed by atoms with van der Waals surface area (Å²) in [6, 6.07) is 17.5. The number of likely N-dealkylation sites (tertiary alicyclic amines) is 1. The van der Waals surface area contributed by atoms with E-state index in [1.54, 1.807) is 0 Å². The zero-order valence-electron chi connectivity index (χ0n) is 16.3. The molecule has 1 N–H and O–H groups in total.